The topological polar surface area (TPSA) is 69.2 Å². The zero-order chi connectivity index (χ0) is 3.58. The van der Waals surface area contributed by atoms with E-state index in [4.69, 9.17) is 10.1 Å². The fourth-order valence-electron chi connectivity index (χ4n) is 0. The minimum atomic E-state index is -1.00. The number of hydrazine groups is 1. The van der Waals surface area contributed by atoms with E-state index in [1.807, 2.05) is 0 Å². The van der Waals surface area contributed by atoms with Crippen molar-refractivity contribution >= 4 is 37.7 Å². The van der Waals surface area contributed by atoms with Crippen molar-refractivity contribution in [2.24, 2.45) is 5.84 Å². The van der Waals surface area contributed by atoms with Gasteiger partial charge >= 0.3 is 0 Å². The Labute approximate surface area is 58.5 Å². The molecular weight excluding hydrogens is 100 g/mol. The van der Waals surface area contributed by atoms with Gasteiger partial charge in [-0.2, -0.15) is 5.84 Å². The van der Waals surface area contributed by atoms with Crippen molar-refractivity contribution in [3.05, 3.63) is 10.1 Å². The van der Waals surface area contributed by atoms with E-state index < -0.39 is 5.03 Å². The molecule has 0 atom stereocenters. The molecule has 0 spiro atoms. The first-order valence-corrected chi connectivity index (χ1v) is 0.623. The third-order valence-corrected chi connectivity index (χ3v) is 0. The molecular formula is H2CaN2O2. The van der Waals surface area contributed by atoms with Crippen LogP contribution in [0.4, 0.5) is 0 Å². The third-order valence-electron chi connectivity index (χ3n) is 0. The maximum absolute atomic E-state index is 8.58. The van der Waals surface area contributed by atoms with Gasteiger partial charge in [-0.05, 0) is 0 Å². The molecule has 0 amide bonds. The van der Waals surface area contributed by atoms with E-state index in [9.17, 15) is 0 Å². The van der Waals surface area contributed by atoms with Crippen molar-refractivity contribution in [3.63, 3.8) is 0 Å². The molecule has 2 N–H and O–H groups in total. The Hall–Kier alpha value is 0.460. The second-order valence-electron chi connectivity index (χ2n) is 0.285. The molecule has 0 heterocycles. The summed E-state index contributed by atoms with van der Waals surface area (Å²) in [5.74, 6) is 3.83. The van der Waals surface area contributed by atoms with Gasteiger partial charge in [0, 0.05) is 37.7 Å². The smallest absolute Gasteiger partial charge is 0.154 e. The van der Waals surface area contributed by atoms with Crippen molar-refractivity contribution in [3.8, 4) is 0 Å². The van der Waals surface area contributed by atoms with Gasteiger partial charge in [0.1, 0.15) is 0 Å². The number of nitrogens with two attached hydrogens (primary N) is 1. The fourth-order valence-corrected chi connectivity index (χ4v) is 0. The van der Waals surface area contributed by atoms with Gasteiger partial charge in [0.05, 0.1) is 0 Å². The summed E-state index contributed by atoms with van der Waals surface area (Å²) in [5.41, 5.74) is 0. The largest absolute Gasteiger partial charge is 0.235 e. The molecule has 0 aromatic heterocycles. The van der Waals surface area contributed by atoms with Gasteiger partial charge in [0.15, 0.2) is 5.03 Å². The van der Waals surface area contributed by atoms with Crippen molar-refractivity contribution < 1.29 is 5.03 Å². The normalized spacial score (nSPS) is 4.80. The van der Waals surface area contributed by atoms with E-state index in [2.05, 4.69) is 5.84 Å². The molecule has 0 aliphatic rings. The van der Waals surface area contributed by atoms with Gasteiger partial charge in [0.25, 0.3) is 0 Å². The summed E-state index contributed by atoms with van der Waals surface area (Å²) in [6, 6.07) is 0. The van der Waals surface area contributed by atoms with Crippen molar-refractivity contribution in [1.82, 2.24) is 0 Å². The van der Waals surface area contributed by atoms with Gasteiger partial charge in [-0.3, -0.25) is 0 Å². The number of hydrogen-bond donors (Lipinski definition) is 1. The second-order valence-corrected chi connectivity index (χ2v) is 0.285. The van der Waals surface area contributed by atoms with Crippen LogP contribution in [0.1, 0.15) is 0 Å². The Morgan fingerprint density at radius 3 is 1.80 bits per heavy atom. The third kappa shape index (κ3) is 128. The van der Waals surface area contributed by atoms with E-state index >= 15 is 0 Å². The van der Waals surface area contributed by atoms with Crippen molar-refractivity contribution in [2.45, 2.75) is 0 Å². The summed E-state index contributed by atoms with van der Waals surface area (Å²) in [6.07, 6.45) is 0. The zero-order valence-corrected chi connectivity index (χ0v) is 4.76. The molecule has 5 heavy (non-hydrogen) atoms. The van der Waals surface area contributed by atoms with Crippen LogP contribution < -0.4 is 5.84 Å². The predicted molar refractivity (Wildman–Crippen MR) is 16.9 cm³/mol. The maximum atomic E-state index is 8.58. The summed E-state index contributed by atoms with van der Waals surface area (Å²) < 4.78 is 0. The SMILES string of the molecule is N[N+](=O)[O-].[Ca]. The monoisotopic (exact) mass is 102 g/mol. The van der Waals surface area contributed by atoms with Crippen LogP contribution in [-0.2, 0) is 0 Å². The quantitative estimate of drug-likeness (QED) is 0.180. The van der Waals surface area contributed by atoms with E-state index in [-0.39, 0.29) is 37.7 Å². The first-order chi connectivity index (χ1) is 1.73. The first kappa shape index (κ1) is 9.07. The average molecular weight is 102 g/mol. The summed E-state index contributed by atoms with van der Waals surface area (Å²) in [5, 5.41) is 7.58. The molecule has 0 saturated heterocycles. The molecule has 0 bridgehead atoms. The summed E-state index contributed by atoms with van der Waals surface area (Å²) in [7, 11) is 0. The molecule has 0 saturated carbocycles. The Morgan fingerprint density at radius 2 is 1.80 bits per heavy atom. The molecule has 5 heteroatoms. The Balaban J connectivity index is 0. The van der Waals surface area contributed by atoms with Crippen molar-refractivity contribution in [2.75, 3.05) is 0 Å². The molecule has 0 aromatic carbocycles. The molecule has 0 fully saturated rings. The zero-order valence-electron chi connectivity index (χ0n) is 2.55. The first-order valence-electron chi connectivity index (χ1n) is 0.623. The second kappa shape index (κ2) is 4.46. The summed E-state index contributed by atoms with van der Waals surface area (Å²) >= 11 is 0. The van der Waals surface area contributed by atoms with Crippen LogP contribution in [0.5, 0.6) is 0 Å². The summed E-state index contributed by atoms with van der Waals surface area (Å²) in [4.78, 5) is 8.58. The Kier molecular flexibility index (Phi) is 8.09. The van der Waals surface area contributed by atoms with E-state index in [1.165, 1.54) is 0 Å². The molecule has 4 nitrogen and oxygen atoms in total. The van der Waals surface area contributed by atoms with E-state index in [0.29, 0.717) is 0 Å². The van der Waals surface area contributed by atoms with Crippen LogP contribution in [0.2, 0.25) is 0 Å². The molecule has 0 aliphatic heterocycles. The number of nitro groups is 1. The van der Waals surface area contributed by atoms with Gasteiger partial charge in [0.2, 0.25) is 0 Å². The predicted octanol–water partition coefficient (Wildman–Crippen LogP) is -1.24. The van der Waals surface area contributed by atoms with Crippen LogP contribution in [0.25, 0.3) is 0 Å². The minimum Gasteiger partial charge on any atom is -0.235 e. The van der Waals surface area contributed by atoms with Crippen LogP contribution in [0.3, 0.4) is 0 Å². The van der Waals surface area contributed by atoms with E-state index in [0.717, 1.165) is 0 Å². The molecule has 2 radical (unpaired) electrons. The standard InChI is InChI=1S/Ca.H2N2O2/c;1-2(3)4/h;1H2. The van der Waals surface area contributed by atoms with Crippen LogP contribution in [0, 0.1) is 10.1 Å². The van der Waals surface area contributed by atoms with E-state index in [1.54, 1.807) is 0 Å². The number of hydrogen-bond acceptors (Lipinski definition) is 2. The molecule has 0 rings (SSSR count). The van der Waals surface area contributed by atoms with Crippen LogP contribution >= 0.6 is 0 Å². The van der Waals surface area contributed by atoms with Gasteiger partial charge in [-0.25, -0.2) is 10.1 Å². The fraction of sp³-hybridized carbons (Fsp3) is 0. The Bertz CT molecular complexity index is 30.6. The molecule has 0 unspecified atom stereocenters. The van der Waals surface area contributed by atoms with Crippen LogP contribution in [-0.4, -0.2) is 42.8 Å². The summed E-state index contributed by atoms with van der Waals surface area (Å²) in [6.45, 7) is 0. The van der Waals surface area contributed by atoms with Gasteiger partial charge < -0.3 is 0 Å². The average Bonchev–Trinajstić information content (AvgIpc) is 0.811. The number of nitrogens with zero attached hydrogens (tertiary/aromatic N) is 1. The van der Waals surface area contributed by atoms with Crippen molar-refractivity contribution in [1.29, 1.82) is 0 Å². The Morgan fingerprint density at radius 1 is 1.80 bits per heavy atom. The number of rotatable bonds is 0. The van der Waals surface area contributed by atoms with Gasteiger partial charge in [-0.15, -0.1) is 0 Å². The molecule has 0 aliphatic carbocycles. The van der Waals surface area contributed by atoms with Gasteiger partial charge in [-0.1, -0.05) is 0 Å². The maximum Gasteiger partial charge on any atom is 0.154 e. The minimum absolute atomic E-state index is 0. The van der Waals surface area contributed by atoms with Crippen LogP contribution in [0.15, 0.2) is 0 Å². The molecule has 26 valence electrons. The molecule has 0 aromatic rings.